The first-order valence-electron chi connectivity index (χ1n) is 14.5. The van der Waals surface area contributed by atoms with Crippen molar-refractivity contribution >= 4 is 76.4 Å². The number of benzene rings is 7. The standard InChI is InChI=1S/C40H22O3/c1-3-13-26-24(11-1)37(30-17-9-16-28-23-10-5-7-18-32(23)43-40(28)30)25-12-2-4-14-27(25)38(26)36-22-31-34(42-36)20-21-35-39(31)29-15-6-8-19-33(29)41-35/h1-22H. The minimum absolute atomic E-state index is 0.841. The molecule has 0 bridgehead atoms. The Morgan fingerprint density at radius 3 is 1.58 bits per heavy atom. The Morgan fingerprint density at radius 1 is 0.326 bits per heavy atom. The molecule has 10 rings (SSSR count). The van der Waals surface area contributed by atoms with E-state index >= 15 is 0 Å². The molecule has 0 fully saturated rings. The van der Waals surface area contributed by atoms with Crippen LogP contribution in [-0.2, 0) is 0 Å². The summed E-state index contributed by atoms with van der Waals surface area (Å²) in [6, 6.07) is 46.4. The highest BCUT2D eigenvalue weighted by Crippen LogP contribution is 2.48. The van der Waals surface area contributed by atoms with Crippen LogP contribution in [0.25, 0.3) is 98.8 Å². The third kappa shape index (κ3) is 3.08. The molecule has 3 aromatic heterocycles. The van der Waals surface area contributed by atoms with Crippen LogP contribution in [0.4, 0.5) is 0 Å². The van der Waals surface area contributed by atoms with Gasteiger partial charge in [0, 0.05) is 43.6 Å². The van der Waals surface area contributed by atoms with Crippen molar-refractivity contribution in [2.45, 2.75) is 0 Å². The summed E-state index contributed by atoms with van der Waals surface area (Å²) in [5.41, 5.74) is 7.74. The van der Waals surface area contributed by atoms with Gasteiger partial charge in [0.05, 0.1) is 0 Å². The average Bonchev–Trinajstić information content (AvgIpc) is 3.76. The van der Waals surface area contributed by atoms with Gasteiger partial charge in [-0.2, -0.15) is 0 Å². The fourth-order valence-electron chi connectivity index (χ4n) is 7.09. The van der Waals surface area contributed by atoms with E-state index in [1.54, 1.807) is 0 Å². The van der Waals surface area contributed by atoms with E-state index in [-0.39, 0.29) is 0 Å². The van der Waals surface area contributed by atoms with Crippen LogP contribution < -0.4 is 0 Å². The highest BCUT2D eigenvalue weighted by Gasteiger charge is 2.22. The molecule has 0 unspecified atom stereocenters. The smallest absolute Gasteiger partial charge is 0.143 e. The van der Waals surface area contributed by atoms with Gasteiger partial charge in [0.25, 0.3) is 0 Å². The monoisotopic (exact) mass is 550 g/mol. The van der Waals surface area contributed by atoms with Gasteiger partial charge in [0.15, 0.2) is 0 Å². The molecule has 0 aliphatic rings. The Bertz CT molecular complexity index is 2680. The molecule has 0 saturated heterocycles. The Balaban J connectivity index is 1.33. The molecule has 3 heterocycles. The Labute approximate surface area is 245 Å². The van der Waals surface area contributed by atoms with Crippen molar-refractivity contribution in [1.82, 2.24) is 0 Å². The maximum absolute atomic E-state index is 6.69. The normalized spacial score (nSPS) is 12.2. The summed E-state index contributed by atoms with van der Waals surface area (Å²) in [7, 11) is 0. The van der Waals surface area contributed by atoms with Crippen LogP contribution in [0.1, 0.15) is 0 Å². The number of furan rings is 3. The first-order chi connectivity index (χ1) is 21.3. The first kappa shape index (κ1) is 22.8. The van der Waals surface area contributed by atoms with E-state index in [2.05, 4.69) is 97.1 Å². The minimum atomic E-state index is 0.841. The van der Waals surface area contributed by atoms with Gasteiger partial charge in [-0.1, -0.05) is 103 Å². The van der Waals surface area contributed by atoms with Crippen LogP contribution in [0.5, 0.6) is 0 Å². The summed E-state index contributed by atoms with van der Waals surface area (Å²) in [4.78, 5) is 0. The summed E-state index contributed by atoms with van der Waals surface area (Å²) in [6.45, 7) is 0. The Hall–Kier alpha value is -5.80. The lowest BCUT2D eigenvalue weighted by Gasteiger charge is -2.16. The minimum Gasteiger partial charge on any atom is -0.456 e. The lowest BCUT2D eigenvalue weighted by atomic mass is 9.87. The molecule has 0 saturated carbocycles. The zero-order chi connectivity index (χ0) is 28.1. The van der Waals surface area contributed by atoms with E-state index in [9.17, 15) is 0 Å². The van der Waals surface area contributed by atoms with Crippen molar-refractivity contribution in [2.24, 2.45) is 0 Å². The number of para-hydroxylation sites is 3. The van der Waals surface area contributed by atoms with E-state index in [1.807, 2.05) is 36.4 Å². The van der Waals surface area contributed by atoms with Crippen LogP contribution in [0.2, 0.25) is 0 Å². The molecule has 0 N–H and O–H groups in total. The van der Waals surface area contributed by atoms with Crippen molar-refractivity contribution < 1.29 is 13.3 Å². The molecule has 0 spiro atoms. The molecule has 0 aliphatic carbocycles. The van der Waals surface area contributed by atoms with Gasteiger partial charge in [-0.05, 0) is 51.9 Å². The van der Waals surface area contributed by atoms with Crippen LogP contribution in [0.3, 0.4) is 0 Å². The van der Waals surface area contributed by atoms with Crippen molar-refractivity contribution in [3.05, 3.63) is 133 Å². The lowest BCUT2D eigenvalue weighted by molar-refractivity contribution is 0.632. The molecule has 0 atom stereocenters. The molecule has 3 nitrogen and oxygen atoms in total. The zero-order valence-electron chi connectivity index (χ0n) is 22.9. The van der Waals surface area contributed by atoms with Gasteiger partial charge >= 0.3 is 0 Å². The fourth-order valence-corrected chi connectivity index (χ4v) is 7.09. The number of fused-ring (bicyclic) bond motifs is 10. The van der Waals surface area contributed by atoms with Crippen LogP contribution in [-0.4, -0.2) is 0 Å². The molecule has 3 heteroatoms. The molecular formula is C40H22O3. The van der Waals surface area contributed by atoms with Crippen molar-refractivity contribution in [3.8, 4) is 22.5 Å². The summed E-state index contributed by atoms with van der Waals surface area (Å²) in [6.07, 6.45) is 0. The summed E-state index contributed by atoms with van der Waals surface area (Å²) in [5.74, 6) is 0.841. The molecule has 43 heavy (non-hydrogen) atoms. The SMILES string of the molecule is c1ccc2c(c1)oc1c(-c3c4ccccc4c(-c4cc5c(ccc6oc7ccccc7c65)o4)c4ccccc34)cccc12. The van der Waals surface area contributed by atoms with E-state index in [0.29, 0.717) is 0 Å². The van der Waals surface area contributed by atoms with E-state index in [1.165, 1.54) is 5.56 Å². The highest BCUT2D eigenvalue weighted by molar-refractivity contribution is 6.25. The molecule has 0 radical (unpaired) electrons. The number of hydrogen-bond acceptors (Lipinski definition) is 3. The molecular weight excluding hydrogens is 528 g/mol. The third-order valence-electron chi connectivity index (χ3n) is 8.89. The van der Waals surface area contributed by atoms with Gasteiger partial charge in [-0.3, -0.25) is 0 Å². The number of hydrogen-bond donors (Lipinski definition) is 0. The molecule has 200 valence electrons. The maximum Gasteiger partial charge on any atom is 0.143 e. The second kappa shape index (κ2) is 8.37. The van der Waals surface area contributed by atoms with Crippen LogP contribution in [0.15, 0.2) is 147 Å². The summed E-state index contributed by atoms with van der Waals surface area (Å²) >= 11 is 0. The predicted molar refractivity (Wildman–Crippen MR) is 177 cm³/mol. The second-order valence-corrected chi connectivity index (χ2v) is 11.2. The van der Waals surface area contributed by atoms with Gasteiger partial charge in [0.2, 0.25) is 0 Å². The van der Waals surface area contributed by atoms with Crippen molar-refractivity contribution in [3.63, 3.8) is 0 Å². The number of rotatable bonds is 2. The Morgan fingerprint density at radius 2 is 0.860 bits per heavy atom. The highest BCUT2D eigenvalue weighted by atomic mass is 16.3. The fraction of sp³-hybridized carbons (Fsp3) is 0. The van der Waals surface area contributed by atoms with Gasteiger partial charge in [0.1, 0.15) is 33.7 Å². The maximum atomic E-state index is 6.69. The van der Waals surface area contributed by atoms with Gasteiger partial charge in [-0.15, -0.1) is 0 Å². The largest absolute Gasteiger partial charge is 0.456 e. The van der Waals surface area contributed by atoms with E-state index < -0.39 is 0 Å². The average molecular weight is 551 g/mol. The topological polar surface area (TPSA) is 39.4 Å². The zero-order valence-corrected chi connectivity index (χ0v) is 22.9. The predicted octanol–water partition coefficient (Wildman–Crippen LogP) is 11.9. The second-order valence-electron chi connectivity index (χ2n) is 11.2. The lowest BCUT2D eigenvalue weighted by Crippen LogP contribution is -1.90. The summed E-state index contributed by atoms with van der Waals surface area (Å²) < 4.78 is 19.4. The van der Waals surface area contributed by atoms with E-state index in [4.69, 9.17) is 13.3 Å². The van der Waals surface area contributed by atoms with Gasteiger partial charge in [-0.25, -0.2) is 0 Å². The van der Waals surface area contributed by atoms with E-state index in [0.717, 1.165) is 93.3 Å². The molecule has 10 aromatic rings. The molecule has 0 aliphatic heterocycles. The molecule has 7 aromatic carbocycles. The van der Waals surface area contributed by atoms with Crippen molar-refractivity contribution in [1.29, 1.82) is 0 Å². The molecule has 0 amide bonds. The summed E-state index contributed by atoms with van der Waals surface area (Å²) in [5, 5.41) is 10.1. The van der Waals surface area contributed by atoms with Crippen molar-refractivity contribution in [2.75, 3.05) is 0 Å². The first-order valence-corrected chi connectivity index (χ1v) is 14.5. The quantitative estimate of drug-likeness (QED) is 0.201. The van der Waals surface area contributed by atoms with Crippen LogP contribution in [0, 0.1) is 0 Å². The van der Waals surface area contributed by atoms with Gasteiger partial charge < -0.3 is 13.3 Å². The third-order valence-corrected chi connectivity index (χ3v) is 8.89. The van der Waals surface area contributed by atoms with Crippen LogP contribution >= 0.6 is 0 Å². The Kier molecular flexibility index (Phi) is 4.45.